The maximum absolute atomic E-state index is 12.8. The minimum absolute atomic E-state index is 0.128. The highest BCUT2D eigenvalue weighted by molar-refractivity contribution is 5.99. The topological polar surface area (TPSA) is 93.3 Å². The Morgan fingerprint density at radius 3 is 2.54 bits per heavy atom. The number of carbonyl (C=O) groups is 1. The number of rotatable bonds is 6. The summed E-state index contributed by atoms with van der Waals surface area (Å²) in [4.78, 5) is 25.7. The quantitative estimate of drug-likeness (QED) is 0.304. The third-order valence-electron chi connectivity index (χ3n) is 5.77. The first kappa shape index (κ1) is 25.6. The van der Waals surface area contributed by atoms with Crippen LogP contribution in [0.5, 0.6) is 0 Å². The molecule has 6 nitrogen and oxygen atoms in total. The number of benzene rings is 2. The molecule has 1 amide bonds. The molecule has 35 heavy (non-hydrogen) atoms. The summed E-state index contributed by atoms with van der Waals surface area (Å²) >= 11 is 0. The summed E-state index contributed by atoms with van der Waals surface area (Å²) in [5, 5.41) is 4.12. The van der Waals surface area contributed by atoms with E-state index in [0.29, 0.717) is 24.4 Å². The molecule has 0 unspecified atom stereocenters. The highest BCUT2D eigenvalue weighted by Gasteiger charge is 2.11. The minimum atomic E-state index is -0.128. The SMILES string of the molecule is CC.CN=C(N)c1cc(C)c(CNC(=O)c2ccnc(Cc3ccc4ncccc4c3)c2)cc1C. The largest absolute Gasteiger partial charge is 0.384 e. The van der Waals surface area contributed by atoms with Gasteiger partial charge in [0.25, 0.3) is 5.91 Å². The van der Waals surface area contributed by atoms with Crippen molar-refractivity contribution in [2.75, 3.05) is 7.05 Å². The maximum atomic E-state index is 12.8. The normalized spacial score (nSPS) is 11.1. The minimum Gasteiger partial charge on any atom is -0.384 e. The number of nitrogens with two attached hydrogens (primary N) is 1. The Morgan fingerprint density at radius 2 is 1.77 bits per heavy atom. The molecule has 4 rings (SSSR count). The van der Waals surface area contributed by atoms with Crippen LogP contribution in [0.3, 0.4) is 0 Å². The van der Waals surface area contributed by atoms with Gasteiger partial charge in [0.1, 0.15) is 5.84 Å². The van der Waals surface area contributed by atoms with Gasteiger partial charge in [-0.05, 0) is 72.5 Å². The van der Waals surface area contributed by atoms with Crippen LogP contribution in [0.1, 0.15) is 57.7 Å². The molecule has 0 spiro atoms. The highest BCUT2D eigenvalue weighted by atomic mass is 16.1. The molecule has 0 saturated heterocycles. The smallest absolute Gasteiger partial charge is 0.251 e. The number of amides is 1. The number of aromatic nitrogens is 2. The molecule has 2 heterocycles. The summed E-state index contributed by atoms with van der Waals surface area (Å²) in [6, 6.07) is 17.8. The summed E-state index contributed by atoms with van der Waals surface area (Å²) < 4.78 is 0. The van der Waals surface area contributed by atoms with Crippen molar-refractivity contribution in [1.29, 1.82) is 0 Å². The molecule has 0 aliphatic rings. The molecule has 0 atom stereocenters. The van der Waals surface area contributed by atoms with E-state index in [0.717, 1.165) is 44.4 Å². The lowest BCUT2D eigenvalue weighted by atomic mass is 9.99. The fourth-order valence-electron chi connectivity index (χ4n) is 3.90. The van der Waals surface area contributed by atoms with Crippen LogP contribution in [-0.2, 0) is 13.0 Å². The Morgan fingerprint density at radius 1 is 0.971 bits per heavy atom. The van der Waals surface area contributed by atoms with Crippen LogP contribution in [0.2, 0.25) is 0 Å². The average Bonchev–Trinajstić information content (AvgIpc) is 2.89. The lowest BCUT2D eigenvalue weighted by Crippen LogP contribution is -2.24. The van der Waals surface area contributed by atoms with E-state index < -0.39 is 0 Å². The van der Waals surface area contributed by atoms with Gasteiger partial charge in [0.15, 0.2) is 0 Å². The number of aryl methyl sites for hydroxylation is 2. The highest BCUT2D eigenvalue weighted by Crippen LogP contribution is 2.18. The molecular formula is C29H33N5O. The zero-order valence-corrected chi connectivity index (χ0v) is 21.1. The van der Waals surface area contributed by atoms with Crippen molar-refractivity contribution in [3.8, 4) is 0 Å². The first-order valence-corrected chi connectivity index (χ1v) is 11.8. The molecule has 0 bridgehead atoms. The maximum Gasteiger partial charge on any atom is 0.251 e. The van der Waals surface area contributed by atoms with Crippen LogP contribution in [0.25, 0.3) is 10.9 Å². The van der Waals surface area contributed by atoms with Crippen molar-refractivity contribution in [1.82, 2.24) is 15.3 Å². The van der Waals surface area contributed by atoms with Crippen LogP contribution >= 0.6 is 0 Å². The van der Waals surface area contributed by atoms with Gasteiger partial charge < -0.3 is 11.1 Å². The van der Waals surface area contributed by atoms with Crippen LogP contribution in [0, 0.1) is 13.8 Å². The zero-order chi connectivity index (χ0) is 25.4. The van der Waals surface area contributed by atoms with E-state index >= 15 is 0 Å². The lowest BCUT2D eigenvalue weighted by Gasteiger charge is -2.13. The summed E-state index contributed by atoms with van der Waals surface area (Å²) in [5.41, 5.74) is 13.6. The van der Waals surface area contributed by atoms with Gasteiger partial charge in [-0.15, -0.1) is 0 Å². The third kappa shape index (κ3) is 6.29. The number of fused-ring (bicyclic) bond motifs is 1. The van der Waals surface area contributed by atoms with Crippen molar-refractivity contribution in [2.24, 2.45) is 10.7 Å². The van der Waals surface area contributed by atoms with E-state index in [1.807, 2.05) is 58.0 Å². The standard InChI is InChI=1S/C27H27N5O.C2H6/c1-17-12-24(26(28)29-3)18(2)11-22(17)16-32-27(33)21-8-10-30-23(15-21)14-19-6-7-25-20(13-19)5-4-9-31-25;1-2/h4-13,15H,14,16H2,1-3H3,(H2,28,29)(H,32,33);1-2H3. The van der Waals surface area contributed by atoms with E-state index in [1.54, 1.807) is 25.5 Å². The Kier molecular flexibility index (Phi) is 8.68. The predicted octanol–water partition coefficient (Wildman–Crippen LogP) is 5.13. The van der Waals surface area contributed by atoms with Crippen LogP contribution in [-0.4, -0.2) is 28.8 Å². The molecule has 0 aliphatic heterocycles. The van der Waals surface area contributed by atoms with Crippen LogP contribution in [0.15, 0.2) is 72.0 Å². The Hall–Kier alpha value is -4.06. The van der Waals surface area contributed by atoms with E-state index in [1.165, 1.54) is 0 Å². The van der Waals surface area contributed by atoms with Gasteiger partial charge in [-0.1, -0.05) is 32.0 Å². The van der Waals surface area contributed by atoms with Gasteiger partial charge in [0, 0.05) is 54.6 Å². The summed E-state index contributed by atoms with van der Waals surface area (Å²) in [6.45, 7) is 8.44. The molecule has 0 aliphatic carbocycles. The molecule has 0 fully saturated rings. The predicted molar refractivity (Wildman–Crippen MR) is 144 cm³/mol. The Bertz CT molecular complexity index is 1360. The van der Waals surface area contributed by atoms with Gasteiger partial charge in [-0.3, -0.25) is 19.8 Å². The number of hydrogen-bond donors (Lipinski definition) is 2. The number of hydrogen-bond acceptors (Lipinski definition) is 4. The number of nitrogens with one attached hydrogen (secondary N) is 1. The van der Waals surface area contributed by atoms with E-state index in [2.05, 4.69) is 38.5 Å². The van der Waals surface area contributed by atoms with Crippen molar-refractivity contribution in [3.63, 3.8) is 0 Å². The number of nitrogens with zero attached hydrogens (tertiary/aromatic N) is 3. The Labute approximate surface area is 207 Å². The lowest BCUT2D eigenvalue weighted by molar-refractivity contribution is 0.0950. The average molecular weight is 468 g/mol. The number of carbonyl (C=O) groups excluding carboxylic acids is 1. The first-order valence-electron chi connectivity index (χ1n) is 11.8. The summed E-state index contributed by atoms with van der Waals surface area (Å²) in [6.07, 6.45) is 4.12. The number of amidine groups is 1. The van der Waals surface area contributed by atoms with Gasteiger partial charge >= 0.3 is 0 Å². The molecule has 2 aromatic heterocycles. The van der Waals surface area contributed by atoms with Crippen molar-refractivity contribution < 1.29 is 4.79 Å². The summed E-state index contributed by atoms with van der Waals surface area (Å²) in [7, 11) is 1.68. The van der Waals surface area contributed by atoms with E-state index in [-0.39, 0.29) is 5.91 Å². The molecule has 4 aromatic rings. The second-order valence-electron chi connectivity index (χ2n) is 8.13. The second-order valence-corrected chi connectivity index (χ2v) is 8.13. The fraction of sp³-hybridized carbons (Fsp3) is 0.241. The first-order chi connectivity index (χ1) is 16.9. The molecule has 180 valence electrons. The Balaban J connectivity index is 0.00000167. The molecule has 0 saturated carbocycles. The summed E-state index contributed by atoms with van der Waals surface area (Å²) in [5.74, 6) is 0.385. The van der Waals surface area contributed by atoms with Crippen LogP contribution in [0.4, 0.5) is 0 Å². The molecule has 2 aromatic carbocycles. The van der Waals surface area contributed by atoms with Gasteiger partial charge in [0.05, 0.1) is 5.52 Å². The van der Waals surface area contributed by atoms with E-state index in [4.69, 9.17) is 5.73 Å². The molecule has 3 N–H and O–H groups in total. The van der Waals surface area contributed by atoms with Crippen molar-refractivity contribution in [2.45, 2.75) is 40.7 Å². The van der Waals surface area contributed by atoms with Gasteiger partial charge in [-0.25, -0.2) is 0 Å². The molecular weight excluding hydrogens is 434 g/mol. The third-order valence-corrected chi connectivity index (χ3v) is 5.77. The molecule has 6 heteroatoms. The van der Waals surface area contributed by atoms with Crippen LogP contribution < -0.4 is 11.1 Å². The van der Waals surface area contributed by atoms with Crippen molar-refractivity contribution >= 4 is 22.6 Å². The second kappa shape index (κ2) is 11.9. The number of pyridine rings is 2. The molecule has 0 radical (unpaired) electrons. The van der Waals surface area contributed by atoms with Gasteiger partial charge in [-0.2, -0.15) is 0 Å². The monoisotopic (exact) mass is 467 g/mol. The van der Waals surface area contributed by atoms with Crippen molar-refractivity contribution in [3.05, 3.63) is 106 Å². The zero-order valence-electron chi connectivity index (χ0n) is 21.1. The number of aliphatic imine (C=N–C) groups is 1. The van der Waals surface area contributed by atoms with Gasteiger partial charge in [0.2, 0.25) is 0 Å². The fourth-order valence-corrected chi connectivity index (χ4v) is 3.90. The van der Waals surface area contributed by atoms with E-state index in [9.17, 15) is 4.79 Å².